The fourth-order valence-electron chi connectivity index (χ4n) is 2.87. The molecular weight excluding hydrogens is 160 g/mol. The quantitative estimate of drug-likeness (QED) is 0.663. The molecule has 2 aliphatic rings. The molecule has 1 unspecified atom stereocenters. The summed E-state index contributed by atoms with van der Waals surface area (Å²) in [6, 6.07) is 0.815. The molecule has 2 rings (SSSR count). The van der Waals surface area contributed by atoms with Gasteiger partial charge in [0.1, 0.15) is 0 Å². The highest BCUT2D eigenvalue weighted by molar-refractivity contribution is 4.92. The summed E-state index contributed by atoms with van der Waals surface area (Å²) in [6.45, 7) is 8.56. The molecule has 0 aliphatic carbocycles. The molecule has 2 nitrogen and oxygen atoms in total. The second kappa shape index (κ2) is 3.58. The van der Waals surface area contributed by atoms with Crippen LogP contribution in [0.5, 0.6) is 0 Å². The molecule has 2 aliphatic heterocycles. The van der Waals surface area contributed by atoms with Gasteiger partial charge in [0.2, 0.25) is 0 Å². The van der Waals surface area contributed by atoms with Gasteiger partial charge in [0.25, 0.3) is 0 Å². The first kappa shape index (κ1) is 9.47. The van der Waals surface area contributed by atoms with Crippen LogP contribution in [0.2, 0.25) is 0 Å². The molecule has 0 radical (unpaired) electrons. The minimum atomic E-state index is 0.453. The summed E-state index contributed by atoms with van der Waals surface area (Å²) in [6.07, 6.45) is 5.55. The molecular formula is C11H22N2. The Morgan fingerprint density at radius 2 is 2.15 bits per heavy atom. The van der Waals surface area contributed by atoms with Gasteiger partial charge in [-0.3, -0.25) is 4.90 Å². The van der Waals surface area contributed by atoms with Crippen LogP contribution in [-0.2, 0) is 0 Å². The zero-order valence-corrected chi connectivity index (χ0v) is 8.97. The second-order valence-corrected chi connectivity index (χ2v) is 5.11. The van der Waals surface area contributed by atoms with Crippen molar-refractivity contribution in [1.82, 2.24) is 10.2 Å². The highest BCUT2D eigenvalue weighted by atomic mass is 15.2. The van der Waals surface area contributed by atoms with Gasteiger partial charge in [0.15, 0.2) is 0 Å². The van der Waals surface area contributed by atoms with E-state index in [-0.39, 0.29) is 0 Å². The van der Waals surface area contributed by atoms with Crippen LogP contribution >= 0.6 is 0 Å². The van der Waals surface area contributed by atoms with Gasteiger partial charge in [-0.25, -0.2) is 0 Å². The van der Waals surface area contributed by atoms with E-state index in [1.165, 1.54) is 45.3 Å². The number of nitrogens with zero attached hydrogens (tertiary/aromatic N) is 1. The van der Waals surface area contributed by atoms with Crippen molar-refractivity contribution in [3.63, 3.8) is 0 Å². The fraction of sp³-hybridized carbons (Fsp3) is 1.00. The predicted molar refractivity (Wildman–Crippen MR) is 55.9 cm³/mol. The third-order valence-electron chi connectivity index (χ3n) is 3.69. The summed E-state index contributed by atoms with van der Waals surface area (Å²) in [4.78, 5) is 2.73. The van der Waals surface area contributed by atoms with Crippen LogP contribution in [0.15, 0.2) is 0 Å². The Bertz CT molecular complexity index is 171. The van der Waals surface area contributed by atoms with E-state index in [1.54, 1.807) is 0 Å². The topological polar surface area (TPSA) is 15.3 Å². The zero-order chi connectivity index (χ0) is 9.31. The number of rotatable bonds is 1. The highest BCUT2D eigenvalue weighted by Gasteiger charge is 2.35. The van der Waals surface area contributed by atoms with Gasteiger partial charge in [-0.2, -0.15) is 0 Å². The van der Waals surface area contributed by atoms with Gasteiger partial charge >= 0.3 is 0 Å². The smallest absolute Gasteiger partial charge is 0.0238 e. The van der Waals surface area contributed by atoms with Crippen LogP contribution in [0.1, 0.15) is 39.5 Å². The molecule has 13 heavy (non-hydrogen) atoms. The Kier molecular flexibility index (Phi) is 2.61. The van der Waals surface area contributed by atoms with Crippen LogP contribution in [0.4, 0.5) is 0 Å². The van der Waals surface area contributed by atoms with Crippen LogP contribution < -0.4 is 5.32 Å². The monoisotopic (exact) mass is 182 g/mol. The number of likely N-dealkylation sites (tertiary alicyclic amines) is 1. The second-order valence-electron chi connectivity index (χ2n) is 5.11. The normalized spacial score (nSPS) is 35.1. The van der Waals surface area contributed by atoms with Gasteiger partial charge in [-0.05, 0) is 46.2 Å². The maximum absolute atomic E-state index is 3.47. The molecule has 1 N–H and O–H groups in total. The first-order valence-electron chi connectivity index (χ1n) is 5.68. The van der Waals surface area contributed by atoms with E-state index in [0.29, 0.717) is 5.54 Å². The lowest BCUT2D eigenvalue weighted by Gasteiger charge is -2.46. The predicted octanol–water partition coefficient (Wildman–Crippen LogP) is 1.61. The van der Waals surface area contributed by atoms with Crippen molar-refractivity contribution >= 4 is 0 Å². The lowest BCUT2D eigenvalue weighted by Crippen LogP contribution is -2.53. The van der Waals surface area contributed by atoms with Gasteiger partial charge in [-0.1, -0.05) is 6.42 Å². The van der Waals surface area contributed by atoms with E-state index in [4.69, 9.17) is 0 Å². The number of nitrogens with one attached hydrogen (secondary N) is 1. The molecule has 0 saturated carbocycles. The van der Waals surface area contributed by atoms with Crippen molar-refractivity contribution in [3.8, 4) is 0 Å². The van der Waals surface area contributed by atoms with Crippen molar-refractivity contribution in [2.45, 2.75) is 51.1 Å². The molecule has 2 heteroatoms. The molecule has 0 bridgehead atoms. The van der Waals surface area contributed by atoms with E-state index in [2.05, 4.69) is 24.1 Å². The van der Waals surface area contributed by atoms with Crippen molar-refractivity contribution in [1.29, 1.82) is 0 Å². The largest absolute Gasteiger partial charge is 0.315 e. The molecule has 0 aromatic heterocycles. The molecule has 2 saturated heterocycles. The highest BCUT2D eigenvalue weighted by Crippen LogP contribution is 2.30. The summed E-state index contributed by atoms with van der Waals surface area (Å²) in [7, 11) is 0. The first-order chi connectivity index (χ1) is 6.20. The average molecular weight is 182 g/mol. The van der Waals surface area contributed by atoms with Crippen LogP contribution in [0, 0.1) is 0 Å². The third-order valence-corrected chi connectivity index (χ3v) is 3.69. The molecule has 0 aromatic carbocycles. The lowest BCUT2D eigenvalue weighted by molar-refractivity contribution is 0.0405. The Labute approximate surface area is 81.7 Å². The van der Waals surface area contributed by atoms with Crippen LogP contribution in [0.25, 0.3) is 0 Å². The number of piperidine rings is 1. The molecule has 76 valence electrons. The van der Waals surface area contributed by atoms with E-state index >= 15 is 0 Å². The lowest BCUT2D eigenvalue weighted by atomic mass is 9.88. The van der Waals surface area contributed by atoms with Crippen LogP contribution in [-0.4, -0.2) is 36.1 Å². The Morgan fingerprint density at radius 1 is 1.31 bits per heavy atom. The summed E-state index contributed by atoms with van der Waals surface area (Å²) in [5.41, 5.74) is 0.453. The molecule has 2 heterocycles. The SMILES string of the molecule is CC1(C)CCCCN1C1CCNC1. The van der Waals surface area contributed by atoms with Crippen molar-refractivity contribution in [2.24, 2.45) is 0 Å². The Hall–Kier alpha value is -0.0800. The molecule has 1 atom stereocenters. The summed E-state index contributed by atoms with van der Waals surface area (Å²) in [5.74, 6) is 0. The number of hydrogen-bond acceptors (Lipinski definition) is 2. The van der Waals surface area contributed by atoms with E-state index < -0.39 is 0 Å². The van der Waals surface area contributed by atoms with Gasteiger partial charge < -0.3 is 5.32 Å². The molecule has 0 amide bonds. The standard InChI is InChI=1S/C11H22N2/c1-11(2)6-3-4-8-13(11)10-5-7-12-9-10/h10,12H,3-9H2,1-2H3. The van der Waals surface area contributed by atoms with E-state index in [0.717, 1.165) is 6.04 Å². The Balaban J connectivity index is 2.02. The van der Waals surface area contributed by atoms with Crippen LogP contribution in [0.3, 0.4) is 0 Å². The zero-order valence-electron chi connectivity index (χ0n) is 8.97. The molecule has 2 fully saturated rings. The van der Waals surface area contributed by atoms with Gasteiger partial charge in [-0.15, -0.1) is 0 Å². The minimum Gasteiger partial charge on any atom is -0.315 e. The van der Waals surface area contributed by atoms with E-state index in [1.807, 2.05) is 0 Å². The Morgan fingerprint density at radius 3 is 2.77 bits per heavy atom. The summed E-state index contributed by atoms with van der Waals surface area (Å²) >= 11 is 0. The van der Waals surface area contributed by atoms with Crippen molar-refractivity contribution in [3.05, 3.63) is 0 Å². The maximum Gasteiger partial charge on any atom is 0.0238 e. The molecule has 0 aromatic rings. The summed E-state index contributed by atoms with van der Waals surface area (Å²) < 4.78 is 0. The average Bonchev–Trinajstić information content (AvgIpc) is 2.55. The summed E-state index contributed by atoms with van der Waals surface area (Å²) in [5, 5.41) is 3.47. The third kappa shape index (κ3) is 1.89. The van der Waals surface area contributed by atoms with E-state index in [9.17, 15) is 0 Å². The van der Waals surface area contributed by atoms with Gasteiger partial charge in [0, 0.05) is 18.1 Å². The van der Waals surface area contributed by atoms with Crippen molar-refractivity contribution in [2.75, 3.05) is 19.6 Å². The number of hydrogen-bond donors (Lipinski definition) is 1. The minimum absolute atomic E-state index is 0.453. The van der Waals surface area contributed by atoms with Crippen molar-refractivity contribution < 1.29 is 0 Å². The van der Waals surface area contributed by atoms with Gasteiger partial charge in [0.05, 0.1) is 0 Å². The molecule has 0 spiro atoms. The maximum atomic E-state index is 3.47. The first-order valence-corrected chi connectivity index (χ1v) is 5.68. The fourth-order valence-corrected chi connectivity index (χ4v) is 2.87.